The van der Waals surface area contributed by atoms with Crippen LogP contribution < -0.4 is 4.73 Å². The van der Waals surface area contributed by atoms with E-state index >= 15 is 0 Å². The predicted octanol–water partition coefficient (Wildman–Crippen LogP) is 6.61. The molecule has 1 aromatic heterocycles. The molecule has 0 saturated carbocycles. The smallest absolute Gasteiger partial charge is 0.261 e. The Hall–Kier alpha value is -4.80. The monoisotopic (exact) mass is 644 g/mol. The highest BCUT2D eigenvalue weighted by Crippen LogP contribution is 2.40. The molecule has 0 spiro atoms. The lowest BCUT2D eigenvalue weighted by atomic mass is 9.99. The molecule has 4 aromatic carbocycles. The number of hydrogen-bond donors (Lipinski definition) is 1. The summed E-state index contributed by atoms with van der Waals surface area (Å²) < 4.78 is 13.8. The fraction of sp³-hybridized carbons (Fsp3) is 0.184. The van der Waals surface area contributed by atoms with Crippen molar-refractivity contribution in [3.8, 4) is 11.1 Å². The Kier molecular flexibility index (Phi) is 8.86. The molecule has 1 fully saturated rings. The third kappa shape index (κ3) is 6.57. The highest BCUT2D eigenvalue weighted by Gasteiger charge is 2.35. The van der Waals surface area contributed by atoms with E-state index in [0.717, 1.165) is 38.1 Å². The van der Waals surface area contributed by atoms with E-state index in [1.807, 2.05) is 78.9 Å². The minimum Gasteiger partial charge on any atom is -0.618 e. The van der Waals surface area contributed by atoms with E-state index in [-0.39, 0.29) is 37.2 Å². The minimum atomic E-state index is -0.624. The molecular weight excluding hydrogens is 612 g/mol. The molecule has 1 saturated heterocycles. The molecule has 0 unspecified atom stereocenters. The second-order valence-electron chi connectivity index (χ2n) is 11.6. The zero-order chi connectivity index (χ0) is 32.3. The van der Waals surface area contributed by atoms with Crippen LogP contribution in [0.15, 0.2) is 126 Å². The number of pyridine rings is 1. The summed E-state index contributed by atoms with van der Waals surface area (Å²) in [4.78, 5) is 27.1. The summed E-state index contributed by atoms with van der Waals surface area (Å²) in [5, 5.41) is 22.3. The molecule has 9 heteroatoms. The number of amides is 2. The van der Waals surface area contributed by atoms with Crippen LogP contribution in [0.25, 0.3) is 11.1 Å². The van der Waals surface area contributed by atoms with Gasteiger partial charge in [-0.25, -0.2) is 0 Å². The predicted molar refractivity (Wildman–Crippen MR) is 177 cm³/mol. The first-order chi connectivity index (χ1) is 23.0. The number of carbonyl (C=O) groups excluding carboxylic acids is 2. The average molecular weight is 645 g/mol. The minimum absolute atomic E-state index is 0.0267. The molecule has 0 aliphatic carbocycles. The van der Waals surface area contributed by atoms with Crippen LogP contribution in [0.5, 0.6) is 0 Å². The van der Waals surface area contributed by atoms with Gasteiger partial charge < -0.3 is 19.8 Å². The second-order valence-corrected chi connectivity index (χ2v) is 12.6. The van der Waals surface area contributed by atoms with Gasteiger partial charge in [0.05, 0.1) is 36.5 Å². The molecule has 47 heavy (non-hydrogen) atoms. The first-order valence-electron chi connectivity index (χ1n) is 15.4. The van der Waals surface area contributed by atoms with Gasteiger partial charge in [-0.05, 0) is 52.1 Å². The van der Waals surface area contributed by atoms with Crippen LogP contribution in [0.3, 0.4) is 0 Å². The van der Waals surface area contributed by atoms with E-state index in [0.29, 0.717) is 28.3 Å². The van der Waals surface area contributed by atoms with Gasteiger partial charge in [0.2, 0.25) is 0 Å². The van der Waals surface area contributed by atoms with Crippen LogP contribution >= 0.6 is 11.8 Å². The highest BCUT2D eigenvalue weighted by atomic mass is 32.2. The lowest BCUT2D eigenvalue weighted by molar-refractivity contribution is -0.645. The van der Waals surface area contributed by atoms with Crippen molar-refractivity contribution in [1.29, 1.82) is 0 Å². The number of aliphatic hydroxyl groups excluding tert-OH is 1. The Morgan fingerprint density at radius 1 is 0.766 bits per heavy atom. The molecule has 3 atom stereocenters. The van der Waals surface area contributed by atoms with E-state index in [4.69, 9.17) is 9.47 Å². The zero-order valence-electron chi connectivity index (χ0n) is 25.4. The third-order valence-electron chi connectivity index (χ3n) is 8.48. The van der Waals surface area contributed by atoms with Gasteiger partial charge in [0.15, 0.2) is 12.5 Å². The van der Waals surface area contributed by atoms with E-state index in [1.54, 1.807) is 36.4 Å². The van der Waals surface area contributed by atoms with Crippen molar-refractivity contribution in [2.75, 3.05) is 5.75 Å². The molecule has 7 rings (SSSR count). The van der Waals surface area contributed by atoms with Gasteiger partial charge in [-0.2, -0.15) is 4.73 Å². The van der Waals surface area contributed by atoms with Crippen LogP contribution in [-0.4, -0.2) is 33.7 Å². The average Bonchev–Trinajstić information content (AvgIpc) is 3.36. The molecule has 5 aromatic rings. The van der Waals surface area contributed by atoms with E-state index in [2.05, 4.69) is 0 Å². The highest BCUT2D eigenvalue weighted by molar-refractivity contribution is 7.99. The number of ether oxygens (including phenoxy) is 2. The molecule has 0 bridgehead atoms. The SMILES string of the molecule is O=C1c2ccccc2C(=O)N1Cc1cccc(-c2ccc([C@@H]3O[C@H](CSc4cccc[n+]4[O-])C[C@H](c4ccc(CO)cc4)O3)cc2)c1. The Morgan fingerprint density at radius 2 is 1.47 bits per heavy atom. The van der Waals surface area contributed by atoms with Crippen LogP contribution in [0.4, 0.5) is 0 Å². The van der Waals surface area contributed by atoms with Crippen LogP contribution in [0, 0.1) is 5.21 Å². The fourth-order valence-electron chi connectivity index (χ4n) is 5.97. The summed E-state index contributed by atoms with van der Waals surface area (Å²) in [7, 11) is 0. The Bertz CT molecular complexity index is 1880. The lowest BCUT2D eigenvalue weighted by Gasteiger charge is -2.36. The summed E-state index contributed by atoms with van der Waals surface area (Å²) in [6, 6.07) is 35.8. The Labute approximate surface area is 276 Å². The first kappa shape index (κ1) is 30.8. The summed E-state index contributed by atoms with van der Waals surface area (Å²) in [6.07, 6.45) is 1.07. The van der Waals surface area contributed by atoms with Gasteiger partial charge in [0.25, 0.3) is 16.8 Å². The van der Waals surface area contributed by atoms with Gasteiger partial charge >= 0.3 is 0 Å². The first-order valence-corrected chi connectivity index (χ1v) is 16.4. The van der Waals surface area contributed by atoms with Gasteiger partial charge in [-0.3, -0.25) is 14.5 Å². The van der Waals surface area contributed by atoms with E-state index in [9.17, 15) is 19.9 Å². The van der Waals surface area contributed by atoms with Gasteiger partial charge in [-0.1, -0.05) is 90.6 Å². The van der Waals surface area contributed by atoms with Crippen molar-refractivity contribution >= 4 is 23.6 Å². The molecule has 1 N–H and O–H groups in total. The number of aliphatic hydroxyl groups is 1. The molecule has 236 valence electrons. The Morgan fingerprint density at radius 3 is 2.17 bits per heavy atom. The molecular formula is C38H32N2O6S. The van der Waals surface area contributed by atoms with Crippen molar-refractivity contribution in [3.63, 3.8) is 0 Å². The maximum Gasteiger partial charge on any atom is 0.261 e. The largest absolute Gasteiger partial charge is 0.618 e. The maximum atomic E-state index is 12.9. The molecule has 3 heterocycles. The number of benzene rings is 4. The molecule has 2 aliphatic heterocycles. The number of aromatic nitrogens is 1. The number of fused-ring (bicyclic) bond motifs is 1. The quantitative estimate of drug-likeness (QED) is 0.0834. The van der Waals surface area contributed by atoms with Crippen LogP contribution in [0.2, 0.25) is 0 Å². The summed E-state index contributed by atoms with van der Waals surface area (Å²) >= 11 is 1.45. The molecule has 8 nitrogen and oxygen atoms in total. The number of nitrogens with zero attached hydrogens (tertiary/aromatic N) is 2. The molecule has 0 radical (unpaired) electrons. The molecule has 2 amide bonds. The van der Waals surface area contributed by atoms with Crippen molar-refractivity contribution in [1.82, 2.24) is 4.90 Å². The van der Waals surface area contributed by atoms with Crippen molar-refractivity contribution in [2.24, 2.45) is 0 Å². The third-order valence-corrected chi connectivity index (χ3v) is 9.63. The normalized spacial score (nSPS) is 19.2. The number of imide groups is 1. The summed E-state index contributed by atoms with van der Waals surface area (Å²) in [5.41, 5.74) is 6.36. The number of hydrogen-bond acceptors (Lipinski definition) is 7. The van der Waals surface area contributed by atoms with Gasteiger partial charge in [-0.15, -0.1) is 0 Å². The Balaban J connectivity index is 1.08. The topological polar surface area (TPSA) is 103 Å². The lowest BCUT2D eigenvalue weighted by Crippen LogP contribution is -2.32. The van der Waals surface area contributed by atoms with Gasteiger partial charge in [0, 0.05) is 29.9 Å². The maximum absolute atomic E-state index is 12.9. The zero-order valence-corrected chi connectivity index (χ0v) is 26.2. The van der Waals surface area contributed by atoms with Gasteiger partial charge in [0.1, 0.15) is 0 Å². The van der Waals surface area contributed by atoms with Crippen molar-refractivity contribution < 1.29 is 28.9 Å². The summed E-state index contributed by atoms with van der Waals surface area (Å²) in [5.74, 6) is 0.0290. The summed E-state index contributed by atoms with van der Waals surface area (Å²) in [6.45, 7) is 0.165. The fourth-order valence-corrected chi connectivity index (χ4v) is 6.91. The van der Waals surface area contributed by atoms with Crippen molar-refractivity contribution in [3.05, 3.63) is 160 Å². The number of thioether (sulfide) groups is 1. The number of carbonyl (C=O) groups is 2. The molecule has 2 aliphatic rings. The number of rotatable bonds is 9. The van der Waals surface area contributed by atoms with Crippen LogP contribution in [0.1, 0.15) is 61.8 Å². The van der Waals surface area contributed by atoms with Crippen molar-refractivity contribution in [2.45, 2.75) is 43.1 Å². The van der Waals surface area contributed by atoms with E-state index in [1.165, 1.54) is 22.9 Å². The van der Waals surface area contributed by atoms with E-state index < -0.39 is 6.29 Å². The second kappa shape index (κ2) is 13.5. The standard InChI is InChI=1S/C38H32N2O6S/c41-23-25-11-13-28(14-12-25)34-21-31(24-47-35-10-3-4-19-40(35)44)45-38(46-34)29-17-15-27(16-18-29)30-7-5-6-26(20-30)22-39-36(42)32-8-1-2-9-33(32)37(39)43/h1-20,31,34,38,41H,21-24H2/t31-,34+,38+/m0/s1. The van der Waals surface area contributed by atoms with Crippen LogP contribution in [-0.2, 0) is 22.6 Å².